The van der Waals surface area contributed by atoms with Crippen molar-refractivity contribution < 1.29 is 14.7 Å². The van der Waals surface area contributed by atoms with E-state index < -0.39 is 5.97 Å². The lowest BCUT2D eigenvalue weighted by atomic mass is 10.3. The molecule has 0 aliphatic carbocycles. The van der Waals surface area contributed by atoms with Gasteiger partial charge in [-0.05, 0) is 15.9 Å². The average Bonchev–Trinajstić information content (AvgIpc) is 2.31. The summed E-state index contributed by atoms with van der Waals surface area (Å²) in [6.07, 6.45) is 0. The molecule has 0 amide bonds. The number of Topliss-reactive ketones (excluding diaryl/α,β-unsaturated/α-hetero) is 1. The molecule has 0 radical (unpaired) electrons. The van der Waals surface area contributed by atoms with Gasteiger partial charge >= 0.3 is 5.97 Å². The number of aromatic carboxylic acids is 1. The minimum Gasteiger partial charge on any atom is -0.476 e. The summed E-state index contributed by atoms with van der Waals surface area (Å²) >= 11 is 4.04. The van der Waals surface area contributed by atoms with E-state index in [1.54, 1.807) is 0 Å². The van der Waals surface area contributed by atoms with E-state index in [1.165, 1.54) is 6.92 Å². The molecule has 1 aromatic rings. The van der Waals surface area contributed by atoms with Gasteiger partial charge < -0.3 is 5.11 Å². The number of carboxylic acid groups (broad SMARTS) is 1. The second-order valence-corrected chi connectivity index (χ2v) is 4.28. The van der Waals surface area contributed by atoms with Crippen molar-refractivity contribution in [1.82, 2.24) is 4.98 Å². The molecule has 1 aromatic heterocycles. The molecule has 1 rings (SSSR count). The lowest BCUT2D eigenvalue weighted by molar-refractivity contribution is 0.0687. The smallest absolute Gasteiger partial charge is 0.356 e. The molecule has 4 nitrogen and oxygen atoms in total. The molecule has 0 saturated heterocycles. The number of hydrogen-bond donors (Lipinski definition) is 1. The molecule has 1 heterocycles. The molecule has 0 aliphatic rings. The monoisotopic (exact) mass is 249 g/mol. The van der Waals surface area contributed by atoms with Crippen LogP contribution in [0.5, 0.6) is 0 Å². The molecule has 64 valence electrons. The van der Waals surface area contributed by atoms with Crippen LogP contribution < -0.4 is 0 Å². The third-order valence-corrected chi connectivity index (χ3v) is 2.73. The van der Waals surface area contributed by atoms with Crippen LogP contribution in [0.1, 0.15) is 27.1 Å². The number of carboxylic acids is 1. The van der Waals surface area contributed by atoms with Crippen LogP contribution in [-0.2, 0) is 0 Å². The van der Waals surface area contributed by atoms with E-state index in [-0.39, 0.29) is 16.4 Å². The summed E-state index contributed by atoms with van der Waals surface area (Å²) in [5.74, 6) is -1.46. The summed E-state index contributed by atoms with van der Waals surface area (Å²) in [6.45, 7) is 1.31. The van der Waals surface area contributed by atoms with Crippen molar-refractivity contribution in [3.63, 3.8) is 0 Å². The lowest BCUT2D eigenvalue weighted by Crippen LogP contribution is -2.03. The Morgan fingerprint density at radius 1 is 1.58 bits per heavy atom. The standard InChI is InChI=1S/C6H4BrNO3S/c1-2(9)4-3(5(10)11)8-6(7)12-4/h1H3,(H,10,11). The van der Waals surface area contributed by atoms with Crippen LogP contribution in [-0.4, -0.2) is 21.8 Å². The molecule has 1 N–H and O–H groups in total. The van der Waals surface area contributed by atoms with E-state index in [0.717, 1.165) is 11.3 Å². The van der Waals surface area contributed by atoms with E-state index in [1.807, 2.05) is 0 Å². The third-order valence-electron chi connectivity index (χ3n) is 1.12. The van der Waals surface area contributed by atoms with Crippen molar-refractivity contribution in [2.75, 3.05) is 0 Å². The van der Waals surface area contributed by atoms with Crippen LogP contribution in [0.4, 0.5) is 0 Å². The van der Waals surface area contributed by atoms with Crippen molar-refractivity contribution in [3.05, 3.63) is 14.5 Å². The first-order valence-electron chi connectivity index (χ1n) is 2.93. The Bertz CT molecular complexity index is 315. The van der Waals surface area contributed by atoms with Gasteiger partial charge in [-0.1, -0.05) is 0 Å². The van der Waals surface area contributed by atoms with E-state index in [0.29, 0.717) is 3.92 Å². The number of halogens is 1. The van der Waals surface area contributed by atoms with Gasteiger partial charge in [0.2, 0.25) is 0 Å². The van der Waals surface area contributed by atoms with Crippen LogP contribution in [0.25, 0.3) is 0 Å². The highest BCUT2D eigenvalue weighted by Gasteiger charge is 2.19. The topological polar surface area (TPSA) is 67.3 Å². The third kappa shape index (κ3) is 1.70. The van der Waals surface area contributed by atoms with E-state index in [4.69, 9.17) is 5.11 Å². The van der Waals surface area contributed by atoms with Gasteiger partial charge in [-0.3, -0.25) is 4.79 Å². The minimum atomic E-state index is -1.18. The molecular formula is C6H4BrNO3S. The zero-order chi connectivity index (χ0) is 9.30. The highest BCUT2D eigenvalue weighted by Crippen LogP contribution is 2.23. The molecule has 0 saturated carbocycles. The van der Waals surface area contributed by atoms with Gasteiger partial charge in [0, 0.05) is 6.92 Å². The summed E-state index contributed by atoms with van der Waals surface area (Å²) in [5.41, 5.74) is -0.181. The first-order valence-corrected chi connectivity index (χ1v) is 4.54. The van der Waals surface area contributed by atoms with Crippen molar-refractivity contribution >= 4 is 39.0 Å². The minimum absolute atomic E-state index is 0.175. The number of nitrogens with zero attached hydrogens (tertiary/aromatic N) is 1. The summed E-state index contributed by atoms with van der Waals surface area (Å²) in [5, 5.41) is 8.60. The van der Waals surface area contributed by atoms with Gasteiger partial charge in [0.1, 0.15) is 4.88 Å². The lowest BCUT2D eigenvalue weighted by Gasteiger charge is -1.88. The van der Waals surface area contributed by atoms with Crippen molar-refractivity contribution in [2.45, 2.75) is 6.92 Å². The summed E-state index contributed by atoms with van der Waals surface area (Å²) in [6, 6.07) is 0. The fourth-order valence-corrected chi connectivity index (χ4v) is 2.02. The van der Waals surface area contributed by atoms with Gasteiger partial charge in [-0.25, -0.2) is 9.78 Å². The van der Waals surface area contributed by atoms with Gasteiger partial charge in [-0.2, -0.15) is 0 Å². The van der Waals surface area contributed by atoms with Gasteiger partial charge in [0.15, 0.2) is 15.4 Å². The number of hydrogen-bond acceptors (Lipinski definition) is 4. The maximum atomic E-state index is 10.9. The average molecular weight is 250 g/mol. The predicted molar refractivity (Wildman–Crippen MR) is 46.8 cm³/mol. The Morgan fingerprint density at radius 3 is 2.50 bits per heavy atom. The fourth-order valence-electron chi connectivity index (χ4n) is 0.678. The largest absolute Gasteiger partial charge is 0.476 e. The molecule has 6 heteroatoms. The maximum absolute atomic E-state index is 10.9. The summed E-state index contributed by atoms with van der Waals surface area (Å²) in [7, 11) is 0. The molecule has 0 atom stereocenters. The van der Waals surface area contributed by atoms with Gasteiger partial charge in [-0.15, -0.1) is 11.3 Å². The quantitative estimate of drug-likeness (QED) is 0.812. The Hall–Kier alpha value is -0.750. The highest BCUT2D eigenvalue weighted by atomic mass is 79.9. The van der Waals surface area contributed by atoms with Gasteiger partial charge in [0.25, 0.3) is 0 Å². The molecule has 0 aromatic carbocycles. The number of carbonyl (C=O) groups excluding carboxylic acids is 1. The molecule has 12 heavy (non-hydrogen) atoms. The van der Waals surface area contributed by atoms with Crippen LogP contribution in [0.2, 0.25) is 0 Å². The van der Waals surface area contributed by atoms with Crippen molar-refractivity contribution in [2.24, 2.45) is 0 Å². The molecule has 0 spiro atoms. The number of rotatable bonds is 2. The molecular weight excluding hydrogens is 246 g/mol. The van der Waals surface area contributed by atoms with E-state index in [9.17, 15) is 9.59 Å². The van der Waals surface area contributed by atoms with Gasteiger partial charge in [0.05, 0.1) is 0 Å². The molecule has 0 aliphatic heterocycles. The number of aromatic nitrogens is 1. The second kappa shape index (κ2) is 3.32. The first kappa shape index (κ1) is 9.34. The number of thiazole rings is 1. The Labute approximate surface area is 80.4 Å². The fraction of sp³-hybridized carbons (Fsp3) is 0.167. The number of carbonyl (C=O) groups is 2. The zero-order valence-corrected chi connectivity index (χ0v) is 8.40. The predicted octanol–water partition coefficient (Wildman–Crippen LogP) is 1.81. The second-order valence-electron chi connectivity index (χ2n) is 2.01. The van der Waals surface area contributed by atoms with E-state index in [2.05, 4.69) is 20.9 Å². The maximum Gasteiger partial charge on any atom is 0.356 e. The van der Waals surface area contributed by atoms with Crippen LogP contribution in [0.3, 0.4) is 0 Å². The molecule has 0 unspecified atom stereocenters. The van der Waals surface area contributed by atoms with Crippen LogP contribution in [0, 0.1) is 0 Å². The Kier molecular flexibility index (Phi) is 2.58. The van der Waals surface area contributed by atoms with Crippen LogP contribution in [0.15, 0.2) is 3.92 Å². The van der Waals surface area contributed by atoms with Crippen LogP contribution >= 0.6 is 27.3 Å². The Balaban J connectivity index is 3.26. The molecule has 0 bridgehead atoms. The Morgan fingerprint density at radius 2 is 2.17 bits per heavy atom. The highest BCUT2D eigenvalue weighted by molar-refractivity contribution is 9.11. The first-order chi connectivity index (χ1) is 5.52. The van der Waals surface area contributed by atoms with E-state index >= 15 is 0 Å². The zero-order valence-electron chi connectivity index (χ0n) is 6.00. The van der Waals surface area contributed by atoms with Crippen molar-refractivity contribution in [1.29, 1.82) is 0 Å². The SMILES string of the molecule is CC(=O)c1sc(Br)nc1C(=O)O. The summed E-state index contributed by atoms with van der Waals surface area (Å²) in [4.78, 5) is 25.2. The summed E-state index contributed by atoms with van der Waals surface area (Å²) < 4.78 is 0.408. The number of ketones is 1. The normalized spacial score (nSPS) is 9.83. The van der Waals surface area contributed by atoms with Crippen molar-refractivity contribution in [3.8, 4) is 0 Å². The molecule has 0 fully saturated rings.